The molecule has 626 valence electrons. The van der Waals surface area contributed by atoms with Crippen molar-refractivity contribution in [3.05, 3.63) is 84.1 Å². The maximum Gasteiger partial charge on any atom is 0.288 e. The van der Waals surface area contributed by atoms with E-state index in [1.54, 1.807) is 82.4 Å². The number of aliphatic hydroxyl groups excluding tert-OH is 1. The van der Waals surface area contributed by atoms with Gasteiger partial charge in [0.1, 0.15) is 42.3 Å². The summed E-state index contributed by atoms with van der Waals surface area (Å²) in [7, 11) is -2.16. The van der Waals surface area contributed by atoms with Crippen molar-refractivity contribution in [3.63, 3.8) is 0 Å². The van der Waals surface area contributed by atoms with Crippen LogP contribution in [0.15, 0.2) is 72.2 Å². The Hall–Kier alpha value is -10.3. The zero-order valence-corrected chi connectivity index (χ0v) is 69.0. The number of fused-ring (bicyclic) bond motifs is 1. The van der Waals surface area contributed by atoms with Crippen molar-refractivity contribution >= 4 is 107 Å². The van der Waals surface area contributed by atoms with E-state index < -0.39 is 169 Å². The molecule has 0 fully saturated rings. The number of imidazole rings is 1. The lowest BCUT2D eigenvalue weighted by Gasteiger charge is -2.44. The number of carbonyl (C=O) groups excluding carboxylic acids is 13. The van der Waals surface area contributed by atoms with Gasteiger partial charge in [0.25, 0.3) is 8.41 Å². The molecule has 0 spiro atoms. The molecular formula is C78H124FN19O14Si. The smallest absolute Gasteiger partial charge is 0.288 e. The van der Waals surface area contributed by atoms with E-state index in [-0.39, 0.29) is 102 Å². The van der Waals surface area contributed by atoms with Gasteiger partial charge in [-0.15, -0.1) is 0 Å². The quantitative estimate of drug-likeness (QED) is 0.00979. The molecule has 113 heavy (non-hydrogen) atoms. The Balaban J connectivity index is 1.37. The van der Waals surface area contributed by atoms with E-state index in [1.165, 1.54) is 26.5 Å². The van der Waals surface area contributed by atoms with Gasteiger partial charge in [-0.1, -0.05) is 126 Å². The number of carbonyl (C=O) groups is 13. The third-order valence-electron chi connectivity index (χ3n) is 19.3. The van der Waals surface area contributed by atoms with Gasteiger partial charge in [-0.3, -0.25) is 67.3 Å². The number of guanidine groups is 1. The minimum Gasteiger partial charge on any atom is -0.390 e. The number of halogens is 1. The number of aliphatic hydroxyl groups is 1. The number of aromatic nitrogens is 3. The standard InChI is InChI=1S/C78H124FN19O14Si/c1-45(2)36-57(69(81)106)93-65(104)40-60(99)67(46(3)4)96-74(111)59(39-51-42-84-44-89-51)94-66(105)43-98(14)75(112)68(47(5)6)97-70(107)48(7)90-73(110)58(38-50-41-88-54-23-16-15-22-53(50)54)95-72(109)56(31-32-61(80)100)92-63(102)26-18-20-34-86-71(108)55(24-21-35-87-76(82)83)91-62(101)25-17-19-33-85-64(103)37-49-27-29-52(30-28-49)113(79,77(8,9)10)78(11,12)13/h15-16,22-23,27-30,41-42,44-48,55-60,67-68,88,99H,17-21,24-26,31-40,43H2,1-14H3,(H2,80,100)(H2,81,106)(H,84,89)(H,85,103)(H,86,108)(H,90,110)(H,91,101)(H,92,102)(H,93,104)(H,94,105)(H,95,109)(H,96,111)(H,97,107)(H4,82,83,87)/t48-,55-,56-,57-,58-,59-,60-,67?,68-/m0/s1/i79+0. The van der Waals surface area contributed by atoms with Crippen molar-refractivity contribution in [2.45, 2.75) is 251 Å². The highest BCUT2D eigenvalue weighted by atomic mass is 28.4. The Morgan fingerprint density at radius 2 is 1.15 bits per heavy atom. The lowest BCUT2D eigenvalue weighted by Crippen LogP contribution is -2.59. The molecule has 0 aliphatic carbocycles. The normalized spacial score (nSPS) is 14.2. The second-order valence-electron chi connectivity index (χ2n) is 32.2. The molecule has 0 saturated carbocycles. The summed E-state index contributed by atoms with van der Waals surface area (Å²) in [4.78, 5) is 191. The van der Waals surface area contributed by atoms with Gasteiger partial charge < -0.3 is 100 Å². The molecule has 9 atom stereocenters. The van der Waals surface area contributed by atoms with E-state index in [1.807, 2.05) is 55.4 Å². The summed E-state index contributed by atoms with van der Waals surface area (Å²) in [5.41, 5.74) is 24.5. The Morgan fingerprint density at radius 3 is 1.71 bits per heavy atom. The van der Waals surface area contributed by atoms with Crippen LogP contribution >= 0.6 is 0 Å². The largest absolute Gasteiger partial charge is 0.390 e. The lowest BCUT2D eigenvalue weighted by atomic mass is 9.95. The number of hydrogen-bond acceptors (Lipinski definition) is 16. The number of primary amides is 2. The molecule has 35 heteroatoms. The van der Waals surface area contributed by atoms with Crippen LogP contribution in [0.25, 0.3) is 10.9 Å². The van der Waals surface area contributed by atoms with E-state index in [2.05, 4.69) is 73.1 Å². The number of benzene rings is 2. The Labute approximate surface area is 662 Å². The van der Waals surface area contributed by atoms with Gasteiger partial charge in [0, 0.05) is 87.8 Å². The molecule has 2 aromatic carbocycles. The predicted molar refractivity (Wildman–Crippen MR) is 430 cm³/mol. The first-order valence-corrected chi connectivity index (χ1v) is 40.6. The van der Waals surface area contributed by atoms with E-state index in [0.717, 1.165) is 10.5 Å². The number of likely N-dealkylation sites (N-methyl/N-ethyl adjacent to an activating group) is 1. The number of aromatic amines is 2. The van der Waals surface area contributed by atoms with E-state index in [9.17, 15) is 67.4 Å². The van der Waals surface area contributed by atoms with Crippen molar-refractivity contribution in [1.82, 2.24) is 73.0 Å². The van der Waals surface area contributed by atoms with Gasteiger partial charge in [-0.2, -0.15) is 0 Å². The number of amides is 13. The van der Waals surface area contributed by atoms with Gasteiger partial charge in [-0.25, -0.2) is 4.98 Å². The summed E-state index contributed by atoms with van der Waals surface area (Å²) in [6.45, 7) is 23.3. The fourth-order valence-corrected chi connectivity index (χ4v) is 18.0. The van der Waals surface area contributed by atoms with Crippen molar-refractivity contribution < 1.29 is 71.5 Å². The van der Waals surface area contributed by atoms with Gasteiger partial charge >= 0.3 is 0 Å². The molecular weight excluding hydrogens is 1470 g/mol. The maximum atomic E-state index is 16.8. The predicted octanol–water partition coefficient (Wildman–Crippen LogP) is 1.48. The zero-order valence-electron chi connectivity index (χ0n) is 68.0. The van der Waals surface area contributed by atoms with E-state index in [4.69, 9.17) is 22.9 Å². The minimum absolute atomic E-state index is 0.0141. The van der Waals surface area contributed by atoms with Crippen LogP contribution in [0.3, 0.4) is 0 Å². The van der Waals surface area contributed by atoms with Crippen molar-refractivity contribution in [2.75, 3.05) is 33.2 Å². The Kier molecular flexibility index (Phi) is 38.2. The second-order valence-corrected chi connectivity index (χ2v) is 37.1. The average molecular weight is 1600 g/mol. The summed E-state index contributed by atoms with van der Waals surface area (Å²) in [6, 6.07) is 4.59. The highest BCUT2D eigenvalue weighted by molar-refractivity contribution is 6.90. The number of hydrogen-bond donors (Lipinski definition) is 17. The maximum absolute atomic E-state index is 16.8. The lowest BCUT2D eigenvalue weighted by molar-refractivity contribution is -0.140. The average Bonchev–Trinajstić information content (AvgIpc) is 1.14. The number of H-pyrrole nitrogens is 2. The molecule has 33 nitrogen and oxygen atoms in total. The molecule has 2 aromatic heterocycles. The van der Waals surface area contributed by atoms with Crippen LogP contribution in [0.1, 0.15) is 184 Å². The number of aliphatic imine (C=N–C) groups is 1. The number of rotatable bonds is 48. The van der Waals surface area contributed by atoms with Crippen LogP contribution < -0.4 is 81.3 Å². The summed E-state index contributed by atoms with van der Waals surface area (Å²) in [5, 5.41) is 38.6. The Morgan fingerprint density at radius 1 is 0.584 bits per heavy atom. The number of para-hydroxylation sites is 1. The number of nitrogens with zero attached hydrogens (tertiary/aromatic N) is 3. The topological polar surface area (TPSA) is 527 Å². The SMILES string of the molecule is CC(C)C[C@H](NC(=O)C[C@H](O)C(NC(=O)[C@H](Cc1cnc[nH]1)NC(=O)CN(C)C(=O)[C@@H](NC(=O)[C@H](C)NC(=O)[C@H](Cc1c[nH]c2ccccc12)NC(=O)[C@H](CCC(N)=O)NC(=O)CCCCNC(=O)[C@H](CCCN=C(N)N)NC(=O)CCCCNC(=O)Cc1ccc([Si]([19F])(C(C)(C)C)C(C)(C)C)cc1)C(C)C)C(C)C)C(N)=O. The molecule has 0 bridgehead atoms. The van der Waals surface area contributed by atoms with Crippen LogP contribution in [0, 0.1) is 17.8 Å². The van der Waals surface area contributed by atoms with Crippen LogP contribution in [-0.2, 0) is 81.6 Å². The molecule has 0 saturated heterocycles. The van der Waals surface area contributed by atoms with Crippen molar-refractivity contribution in [3.8, 4) is 0 Å². The van der Waals surface area contributed by atoms with Crippen LogP contribution in [0.4, 0.5) is 4.11 Å². The van der Waals surface area contributed by atoms with Gasteiger partial charge in [0.05, 0.1) is 37.9 Å². The monoisotopic (exact) mass is 1600 g/mol. The molecule has 2 heterocycles. The molecule has 0 radical (unpaired) electrons. The van der Waals surface area contributed by atoms with Crippen LogP contribution in [-0.4, -0.2) is 204 Å². The number of unbranched alkanes of at least 4 members (excludes halogenated alkanes) is 2. The molecule has 13 amide bonds. The molecule has 4 aromatic rings. The highest BCUT2D eigenvalue weighted by Crippen LogP contribution is 2.51. The van der Waals surface area contributed by atoms with Crippen molar-refractivity contribution in [1.29, 1.82) is 0 Å². The van der Waals surface area contributed by atoms with Crippen molar-refractivity contribution in [2.24, 2.45) is 45.7 Å². The Bertz CT molecular complexity index is 3860. The van der Waals surface area contributed by atoms with Gasteiger partial charge in [0.2, 0.25) is 76.8 Å². The van der Waals surface area contributed by atoms with E-state index in [0.29, 0.717) is 53.2 Å². The summed E-state index contributed by atoms with van der Waals surface area (Å²) >= 11 is 0. The second kappa shape index (κ2) is 45.4. The first kappa shape index (κ1) is 95.1. The summed E-state index contributed by atoms with van der Waals surface area (Å²) < 4.78 is 16.8. The number of nitrogens with two attached hydrogens (primary N) is 4. The summed E-state index contributed by atoms with van der Waals surface area (Å²) in [5.74, 6) is -9.94. The third-order valence-corrected chi connectivity index (χ3v) is 24.6. The third kappa shape index (κ3) is 31.6. The first-order chi connectivity index (χ1) is 52.9. The van der Waals surface area contributed by atoms with Crippen LogP contribution in [0.2, 0.25) is 10.1 Å². The molecule has 4 rings (SSSR count). The molecule has 0 aliphatic heterocycles. The molecule has 1 unspecified atom stereocenters. The highest BCUT2D eigenvalue weighted by Gasteiger charge is 2.56. The first-order valence-electron chi connectivity index (χ1n) is 38.7. The molecule has 0 aliphatic rings. The van der Waals surface area contributed by atoms with Gasteiger partial charge in [-0.05, 0) is 109 Å². The minimum atomic E-state index is -3.47. The van der Waals surface area contributed by atoms with Gasteiger partial charge in [0.15, 0.2) is 5.96 Å². The summed E-state index contributed by atoms with van der Waals surface area (Å²) in [6.07, 6.45) is 3.75. The van der Waals surface area contributed by atoms with E-state index >= 15 is 4.11 Å². The fourth-order valence-electron chi connectivity index (χ4n) is 13.4. The number of nitrogens with one attached hydrogen (secondary N) is 12. The zero-order chi connectivity index (χ0) is 84.7. The molecule has 21 N–H and O–H groups in total. The fraction of sp³-hybridized carbons (Fsp3) is 0.603. The van der Waals surface area contributed by atoms with Crippen LogP contribution in [0.5, 0.6) is 0 Å².